The number of halogens is 3. The zero-order chi connectivity index (χ0) is 9.10. The minimum Gasteiger partial charge on any atom is -0.353 e. The van der Waals surface area contributed by atoms with Crippen molar-refractivity contribution in [2.75, 3.05) is 24.5 Å². The van der Waals surface area contributed by atoms with Gasteiger partial charge in [-0.3, -0.25) is 0 Å². The molecule has 0 bridgehead atoms. The molecule has 0 radical (unpaired) electrons. The van der Waals surface area contributed by atoms with E-state index in [1.54, 1.807) is 0 Å². The highest BCUT2D eigenvalue weighted by Gasteiger charge is 2.19. The van der Waals surface area contributed by atoms with Crippen LogP contribution in [0.5, 0.6) is 0 Å². The third-order valence-electron chi connectivity index (χ3n) is 2.27. The summed E-state index contributed by atoms with van der Waals surface area (Å²) in [4.78, 5) is 2.22. The molecule has 0 spiro atoms. The van der Waals surface area contributed by atoms with Gasteiger partial charge in [-0.1, -0.05) is 29.8 Å². The van der Waals surface area contributed by atoms with E-state index in [0.29, 0.717) is 0 Å². The average molecular weight is 270 g/mol. The lowest BCUT2D eigenvalue weighted by molar-refractivity contribution is 0.559. The summed E-state index contributed by atoms with van der Waals surface area (Å²) in [5.74, 6) is 0. The van der Waals surface area contributed by atoms with E-state index in [1.807, 2.05) is 18.2 Å². The number of rotatable bonds is 1. The van der Waals surface area contributed by atoms with E-state index in [0.717, 1.165) is 19.6 Å². The second-order valence-corrected chi connectivity index (χ2v) is 3.67. The van der Waals surface area contributed by atoms with Gasteiger partial charge in [0, 0.05) is 25.3 Å². The van der Waals surface area contributed by atoms with E-state index in [4.69, 9.17) is 11.6 Å². The van der Waals surface area contributed by atoms with Crippen molar-refractivity contribution in [1.29, 1.82) is 0 Å². The van der Waals surface area contributed by atoms with Crippen LogP contribution in [0.3, 0.4) is 0 Å². The molecule has 1 aromatic rings. The predicted molar refractivity (Wildman–Crippen MR) is 70.8 cm³/mol. The summed E-state index contributed by atoms with van der Waals surface area (Å²) in [5, 5.41) is 3.26. The minimum atomic E-state index is 0. The third-order valence-corrected chi connectivity index (χ3v) is 2.66. The van der Waals surface area contributed by atoms with Crippen molar-refractivity contribution < 1.29 is 0 Å². The second kappa shape index (κ2) is 7.18. The van der Waals surface area contributed by atoms with E-state index >= 15 is 0 Å². The van der Waals surface area contributed by atoms with Crippen LogP contribution < -0.4 is 10.2 Å². The quantitative estimate of drug-likeness (QED) is 0.622. The van der Waals surface area contributed by atoms with Crippen LogP contribution in [0.2, 0.25) is 0 Å². The van der Waals surface area contributed by atoms with Crippen molar-refractivity contribution in [1.82, 2.24) is 5.32 Å². The molecule has 5 heteroatoms. The Kier molecular flexibility index (Phi) is 7.11. The van der Waals surface area contributed by atoms with Gasteiger partial charge in [0.15, 0.2) is 0 Å². The molecule has 1 aromatic carbocycles. The number of hydrogen-bond donors (Lipinski definition) is 1. The highest BCUT2D eigenvalue weighted by Crippen LogP contribution is 2.19. The van der Waals surface area contributed by atoms with Gasteiger partial charge in [-0.25, -0.2) is 0 Å². The minimum absolute atomic E-state index is 0. The molecule has 2 rings (SSSR count). The number of nitrogens with zero attached hydrogens (tertiary/aromatic N) is 1. The normalized spacial score (nSPS) is 20.1. The van der Waals surface area contributed by atoms with Crippen LogP contribution in [-0.4, -0.2) is 25.1 Å². The molecule has 1 N–H and O–H groups in total. The topological polar surface area (TPSA) is 15.3 Å². The van der Waals surface area contributed by atoms with Crippen molar-refractivity contribution in [3.63, 3.8) is 0 Å². The van der Waals surface area contributed by atoms with Crippen LogP contribution in [0, 0.1) is 0 Å². The molecule has 0 aliphatic carbocycles. The summed E-state index contributed by atoms with van der Waals surface area (Å²) in [6.45, 7) is 2.85. The van der Waals surface area contributed by atoms with Crippen LogP contribution in [0.15, 0.2) is 30.3 Å². The molecule has 2 nitrogen and oxygen atoms in total. The molecule has 1 fully saturated rings. The van der Waals surface area contributed by atoms with Crippen molar-refractivity contribution >= 4 is 42.1 Å². The zero-order valence-electron chi connectivity index (χ0n) is 8.23. The first-order valence-electron chi connectivity index (χ1n) is 4.54. The Bertz CT molecular complexity index is 269. The molecule has 86 valence electrons. The molecule has 15 heavy (non-hydrogen) atoms. The highest BCUT2D eigenvalue weighted by atomic mass is 35.5. The second-order valence-electron chi connectivity index (χ2n) is 3.17. The monoisotopic (exact) mass is 268 g/mol. The van der Waals surface area contributed by atoms with Crippen molar-refractivity contribution in [3.8, 4) is 0 Å². The van der Waals surface area contributed by atoms with E-state index in [9.17, 15) is 0 Å². The fourth-order valence-electron chi connectivity index (χ4n) is 1.58. The lowest BCUT2D eigenvalue weighted by atomic mass is 10.2. The molecule has 1 saturated heterocycles. The maximum absolute atomic E-state index is 6.18. The van der Waals surface area contributed by atoms with Crippen LogP contribution in [-0.2, 0) is 0 Å². The molecule has 0 saturated carbocycles. The third kappa shape index (κ3) is 3.72. The molecule has 1 atom stereocenters. The van der Waals surface area contributed by atoms with E-state index in [-0.39, 0.29) is 30.3 Å². The fourth-order valence-corrected chi connectivity index (χ4v) is 1.90. The first-order valence-corrected chi connectivity index (χ1v) is 4.98. The van der Waals surface area contributed by atoms with E-state index in [2.05, 4.69) is 22.3 Å². The number of nitrogens with one attached hydrogen (secondary N) is 1. The highest BCUT2D eigenvalue weighted by molar-refractivity contribution is 6.22. The van der Waals surface area contributed by atoms with Crippen molar-refractivity contribution in [2.45, 2.75) is 5.50 Å². The molecule has 1 unspecified atom stereocenters. The number of para-hydroxylation sites is 1. The van der Waals surface area contributed by atoms with Gasteiger partial charge in [-0.05, 0) is 12.1 Å². The Morgan fingerprint density at radius 1 is 1.20 bits per heavy atom. The number of alkyl halides is 1. The summed E-state index contributed by atoms with van der Waals surface area (Å²) in [6.07, 6.45) is 0. The number of benzene rings is 1. The molecule has 1 heterocycles. The van der Waals surface area contributed by atoms with Gasteiger partial charge in [-0.2, -0.15) is 0 Å². The largest absolute Gasteiger partial charge is 0.353 e. The average Bonchev–Trinajstić information content (AvgIpc) is 2.20. The first kappa shape index (κ1) is 14.8. The molecule has 0 aromatic heterocycles. The zero-order valence-corrected chi connectivity index (χ0v) is 10.6. The molecule has 1 aliphatic heterocycles. The Morgan fingerprint density at radius 2 is 1.87 bits per heavy atom. The first-order chi connectivity index (χ1) is 6.38. The van der Waals surface area contributed by atoms with Gasteiger partial charge in [0.25, 0.3) is 0 Å². The van der Waals surface area contributed by atoms with Crippen molar-refractivity contribution in [2.24, 2.45) is 0 Å². The smallest absolute Gasteiger partial charge is 0.116 e. The summed E-state index contributed by atoms with van der Waals surface area (Å²) >= 11 is 6.18. The van der Waals surface area contributed by atoms with Gasteiger partial charge in [0.1, 0.15) is 5.50 Å². The molecular weight excluding hydrogens is 254 g/mol. The molecular formula is C10H15Cl3N2. The molecule has 1 aliphatic rings. The summed E-state index contributed by atoms with van der Waals surface area (Å²) in [5.41, 5.74) is 1.29. The number of anilines is 1. The van der Waals surface area contributed by atoms with Crippen LogP contribution in [0.25, 0.3) is 0 Å². The lowest BCUT2D eigenvalue weighted by Gasteiger charge is -2.34. The molecule has 0 amide bonds. The Morgan fingerprint density at radius 3 is 2.47 bits per heavy atom. The predicted octanol–water partition coefficient (Wildman–Crippen LogP) is 2.50. The summed E-state index contributed by atoms with van der Waals surface area (Å²) in [6, 6.07) is 10.3. The van der Waals surface area contributed by atoms with E-state index in [1.165, 1.54) is 5.69 Å². The maximum atomic E-state index is 6.18. The lowest BCUT2D eigenvalue weighted by Crippen LogP contribution is -2.48. The maximum Gasteiger partial charge on any atom is 0.116 e. The van der Waals surface area contributed by atoms with Gasteiger partial charge in [-0.15, -0.1) is 24.8 Å². The number of hydrogen-bond acceptors (Lipinski definition) is 2. The summed E-state index contributed by atoms with van der Waals surface area (Å²) in [7, 11) is 0. The standard InChI is InChI=1S/C10H13ClN2.2ClH/c11-10-8-12-6-7-13(10)9-4-2-1-3-5-9;;/h1-5,10,12H,6-8H2;2*1H. The van der Waals surface area contributed by atoms with Crippen LogP contribution >= 0.6 is 36.4 Å². The van der Waals surface area contributed by atoms with Crippen LogP contribution in [0.4, 0.5) is 5.69 Å². The Balaban J connectivity index is 0.000000980. The van der Waals surface area contributed by atoms with Crippen LogP contribution in [0.1, 0.15) is 0 Å². The number of piperazine rings is 1. The van der Waals surface area contributed by atoms with Gasteiger partial charge < -0.3 is 10.2 Å². The summed E-state index contributed by atoms with van der Waals surface area (Å²) < 4.78 is 0. The van der Waals surface area contributed by atoms with Gasteiger partial charge in [0.05, 0.1) is 0 Å². The van der Waals surface area contributed by atoms with Crippen molar-refractivity contribution in [3.05, 3.63) is 30.3 Å². The Labute approximate surface area is 108 Å². The fraction of sp³-hybridized carbons (Fsp3) is 0.400. The van der Waals surface area contributed by atoms with Gasteiger partial charge >= 0.3 is 0 Å². The SMILES string of the molecule is Cl.Cl.ClC1CNCCN1c1ccccc1. The van der Waals surface area contributed by atoms with E-state index < -0.39 is 0 Å². The van der Waals surface area contributed by atoms with Gasteiger partial charge in [0.2, 0.25) is 0 Å². The Hall–Kier alpha value is -0.150.